The van der Waals surface area contributed by atoms with Crippen molar-refractivity contribution in [3.05, 3.63) is 30.6 Å². The molecule has 10 nitrogen and oxygen atoms in total. The molecule has 1 aliphatic carbocycles. The van der Waals surface area contributed by atoms with E-state index >= 15 is 0 Å². The first-order valence-corrected chi connectivity index (χ1v) is 11.7. The summed E-state index contributed by atoms with van der Waals surface area (Å²) in [6.45, 7) is 3.19. The minimum absolute atomic E-state index is 0.123. The fourth-order valence-corrected chi connectivity index (χ4v) is 4.51. The molecule has 1 saturated carbocycles. The molecule has 0 bridgehead atoms. The van der Waals surface area contributed by atoms with Gasteiger partial charge >= 0.3 is 6.01 Å². The minimum Gasteiger partial charge on any atom is -0.488 e. The topological polar surface area (TPSA) is 104 Å². The van der Waals surface area contributed by atoms with E-state index in [9.17, 15) is 0 Å². The monoisotopic (exact) mass is 466 g/mol. The molecule has 3 aromatic rings. The van der Waals surface area contributed by atoms with Gasteiger partial charge in [0.1, 0.15) is 17.1 Å². The van der Waals surface area contributed by atoms with Crippen molar-refractivity contribution in [1.82, 2.24) is 19.9 Å². The van der Waals surface area contributed by atoms with E-state index in [1.165, 1.54) is 0 Å². The lowest BCUT2D eigenvalue weighted by Gasteiger charge is -2.31. The van der Waals surface area contributed by atoms with Gasteiger partial charge in [-0.05, 0) is 31.7 Å². The van der Waals surface area contributed by atoms with Gasteiger partial charge in [-0.2, -0.15) is 9.97 Å². The summed E-state index contributed by atoms with van der Waals surface area (Å²) in [5, 5.41) is 3.49. The maximum Gasteiger partial charge on any atom is 0.321 e. The quantitative estimate of drug-likeness (QED) is 0.559. The fourth-order valence-electron chi connectivity index (χ4n) is 4.51. The highest BCUT2D eigenvalue weighted by molar-refractivity contribution is 5.85. The number of morpholine rings is 1. The Bertz CT molecular complexity index is 1090. The van der Waals surface area contributed by atoms with Crippen molar-refractivity contribution in [2.75, 3.05) is 50.7 Å². The van der Waals surface area contributed by atoms with Crippen molar-refractivity contribution in [2.45, 2.75) is 37.8 Å². The normalized spacial score (nSPS) is 20.7. The Labute approximate surface area is 198 Å². The first-order valence-electron chi connectivity index (χ1n) is 11.7. The number of hydrogen-bond acceptors (Lipinski definition) is 10. The summed E-state index contributed by atoms with van der Waals surface area (Å²) in [5.41, 5.74) is 2.76. The number of nitrogens with zero attached hydrogens (tertiary/aromatic N) is 5. The molecule has 0 spiro atoms. The third-order valence-corrected chi connectivity index (χ3v) is 6.29. The van der Waals surface area contributed by atoms with Crippen LogP contribution >= 0.6 is 0 Å². The maximum absolute atomic E-state index is 6.52. The van der Waals surface area contributed by atoms with E-state index in [0.29, 0.717) is 17.7 Å². The van der Waals surface area contributed by atoms with Gasteiger partial charge in [0, 0.05) is 49.3 Å². The van der Waals surface area contributed by atoms with Crippen molar-refractivity contribution in [2.24, 2.45) is 0 Å². The molecule has 0 atom stereocenters. The Balaban J connectivity index is 1.26. The maximum atomic E-state index is 6.52. The summed E-state index contributed by atoms with van der Waals surface area (Å²) >= 11 is 0. The highest BCUT2D eigenvalue weighted by atomic mass is 16.5. The Hall–Kier alpha value is -3.40. The number of ether oxygens (including phenoxy) is 4. The lowest BCUT2D eigenvalue weighted by atomic mass is 9.93. The molecule has 0 amide bonds. The number of aromatic nitrogens is 4. The number of anilines is 2. The average Bonchev–Trinajstić information content (AvgIpc) is 2.90. The number of fused-ring (bicyclic) bond motifs is 1. The van der Waals surface area contributed by atoms with E-state index in [4.69, 9.17) is 18.9 Å². The van der Waals surface area contributed by atoms with E-state index in [1.807, 2.05) is 0 Å². The van der Waals surface area contributed by atoms with Crippen LogP contribution in [0.3, 0.4) is 0 Å². The van der Waals surface area contributed by atoms with Crippen LogP contribution in [0.15, 0.2) is 30.6 Å². The third-order valence-electron chi connectivity index (χ3n) is 6.29. The number of rotatable bonds is 7. The van der Waals surface area contributed by atoms with Crippen LogP contribution in [0.2, 0.25) is 0 Å². The zero-order valence-corrected chi connectivity index (χ0v) is 19.6. The van der Waals surface area contributed by atoms with Crippen LogP contribution < -0.4 is 24.4 Å². The summed E-state index contributed by atoms with van der Waals surface area (Å²) in [5.74, 6) is 1.97. The van der Waals surface area contributed by atoms with Crippen molar-refractivity contribution < 1.29 is 18.9 Å². The van der Waals surface area contributed by atoms with Crippen molar-refractivity contribution in [3.8, 4) is 17.6 Å². The second-order valence-electron chi connectivity index (χ2n) is 8.49. The fraction of sp³-hybridized carbons (Fsp3) is 0.500. The molecule has 1 aromatic carbocycles. The van der Waals surface area contributed by atoms with E-state index in [0.717, 1.165) is 74.5 Å². The Kier molecular flexibility index (Phi) is 6.75. The van der Waals surface area contributed by atoms with Crippen LogP contribution in [0, 0.1) is 0 Å². The molecule has 2 aromatic heterocycles. The largest absolute Gasteiger partial charge is 0.488 e. The molecule has 0 unspecified atom stereocenters. The third kappa shape index (κ3) is 5.06. The van der Waals surface area contributed by atoms with E-state index in [1.54, 1.807) is 32.7 Å². The summed E-state index contributed by atoms with van der Waals surface area (Å²) in [6, 6.07) is 6.55. The molecule has 180 valence electrons. The smallest absolute Gasteiger partial charge is 0.321 e. The van der Waals surface area contributed by atoms with Crippen LogP contribution in [-0.4, -0.2) is 72.6 Å². The van der Waals surface area contributed by atoms with Gasteiger partial charge in [0.05, 0.1) is 39.1 Å². The highest BCUT2D eigenvalue weighted by Gasteiger charge is 2.25. The van der Waals surface area contributed by atoms with Gasteiger partial charge in [-0.1, -0.05) is 0 Å². The highest BCUT2D eigenvalue weighted by Crippen LogP contribution is 2.33. The van der Waals surface area contributed by atoms with Crippen LogP contribution in [-0.2, 0) is 4.74 Å². The van der Waals surface area contributed by atoms with Gasteiger partial charge in [0.2, 0.25) is 5.88 Å². The Morgan fingerprint density at radius 3 is 2.50 bits per heavy atom. The van der Waals surface area contributed by atoms with Gasteiger partial charge in [0.15, 0.2) is 0 Å². The molecule has 2 aliphatic rings. The number of hydrogen-bond donors (Lipinski definition) is 1. The molecule has 1 N–H and O–H groups in total. The predicted octanol–water partition coefficient (Wildman–Crippen LogP) is 3.08. The van der Waals surface area contributed by atoms with E-state index < -0.39 is 0 Å². The van der Waals surface area contributed by atoms with Gasteiger partial charge in [-0.25, -0.2) is 4.98 Å². The predicted molar refractivity (Wildman–Crippen MR) is 128 cm³/mol. The number of methoxy groups -OCH3 is 2. The van der Waals surface area contributed by atoms with Crippen molar-refractivity contribution in [3.63, 3.8) is 0 Å². The number of nitrogens with one attached hydrogen (secondary N) is 1. The summed E-state index contributed by atoms with van der Waals surface area (Å²) < 4.78 is 22.4. The SMILES string of the molecule is COc1cc(NC2CCC(Oc3cc(N4CCOCC4)cc4nccnc34)CC2)nc(OC)n1. The molecule has 2 fully saturated rings. The van der Waals surface area contributed by atoms with Crippen molar-refractivity contribution >= 4 is 22.5 Å². The summed E-state index contributed by atoms with van der Waals surface area (Å²) in [4.78, 5) is 19.9. The Morgan fingerprint density at radius 2 is 1.74 bits per heavy atom. The lowest BCUT2D eigenvalue weighted by Crippen LogP contribution is -2.36. The molecule has 34 heavy (non-hydrogen) atoms. The second-order valence-corrected chi connectivity index (χ2v) is 8.49. The molecular weight excluding hydrogens is 436 g/mol. The molecule has 0 radical (unpaired) electrons. The van der Waals surface area contributed by atoms with Gasteiger partial charge < -0.3 is 29.2 Å². The zero-order valence-electron chi connectivity index (χ0n) is 19.6. The molecule has 10 heteroatoms. The molecule has 5 rings (SSSR count). The van der Waals surface area contributed by atoms with Gasteiger partial charge in [-0.3, -0.25) is 4.98 Å². The first-order chi connectivity index (χ1) is 16.7. The molecule has 3 heterocycles. The van der Waals surface area contributed by atoms with Crippen LogP contribution in [0.25, 0.3) is 11.0 Å². The zero-order chi connectivity index (χ0) is 23.3. The number of benzene rings is 1. The second kappa shape index (κ2) is 10.3. The first kappa shape index (κ1) is 22.4. The van der Waals surface area contributed by atoms with Gasteiger partial charge in [0.25, 0.3) is 0 Å². The van der Waals surface area contributed by atoms with Crippen molar-refractivity contribution in [1.29, 1.82) is 0 Å². The van der Waals surface area contributed by atoms with E-state index in [2.05, 4.69) is 42.3 Å². The van der Waals surface area contributed by atoms with Crippen LogP contribution in [0.4, 0.5) is 11.5 Å². The van der Waals surface area contributed by atoms with Crippen LogP contribution in [0.5, 0.6) is 17.6 Å². The Morgan fingerprint density at radius 1 is 0.941 bits per heavy atom. The molecule has 1 saturated heterocycles. The summed E-state index contributed by atoms with van der Waals surface area (Å²) in [6.07, 6.45) is 7.36. The lowest BCUT2D eigenvalue weighted by molar-refractivity contribution is 0.122. The average molecular weight is 467 g/mol. The van der Waals surface area contributed by atoms with Crippen LogP contribution in [0.1, 0.15) is 25.7 Å². The van der Waals surface area contributed by atoms with Gasteiger partial charge in [-0.15, -0.1) is 0 Å². The summed E-state index contributed by atoms with van der Waals surface area (Å²) in [7, 11) is 3.12. The standard InChI is InChI=1S/C24H30N6O4/c1-31-22-15-21(28-24(29-22)32-2)27-16-3-5-18(6-4-16)34-20-14-17(30-9-11-33-12-10-30)13-19-23(20)26-8-7-25-19/h7-8,13-16,18H,3-6,9-12H2,1-2H3,(H,27,28,29). The molecule has 1 aliphatic heterocycles. The minimum atomic E-state index is 0.123. The molecular formula is C24H30N6O4. The van der Waals surface area contributed by atoms with E-state index in [-0.39, 0.29) is 12.1 Å².